The van der Waals surface area contributed by atoms with E-state index in [2.05, 4.69) is 9.73 Å². The Balaban J connectivity index is 2.26. The number of nitrogens with zero attached hydrogens (tertiary/aromatic N) is 2. The summed E-state index contributed by atoms with van der Waals surface area (Å²) in [6.07, 6.45) is -1.45. The molecule has 1 aromatic carbocycles. The van der Waals surface area contributed by atoms with E-state index in [1.165, 1.54) is 11.9 Å². The van der Waals surface area contributed by atoms with Crippen molar-refractivity contribution in [3.63, 3.8) is 0 Å². The number of carbonyl (C=O) groups excluding carboxylic acids is 1. The standard InChI is InChI=1S/C11H10F2N2O2/c1-15-8(7-5-3-2-4-6-7)14-9(10(15)16)17-11(12)13/h2-6,9,11H,1H3. The largest absolute Gasteiger partial charge is 0.347 e. The van der Waals surface area contributed by atoms with Crippen molar-refractivity contribution in [3.8, 4) is 0 Å². The van der Waals surface area contributed by atoms with Gasteiger partial charge >= 0.3 is 6.61 Å². The molecule has 0 saturated carbocycles. The maximum Gasteiger partial charge on any atom is 0.347 e. The highest BCUT2D eigenvalue weighted by atomic mass is 19.3. The van der Waals surface area contributed by atoms with Crippen molar-refractivity contribution >= 4 is 11.7 Å². The molecule has 90 valence electrons. The zero-order valence-corrected chi connectivity index (χ0v) is 9.01. The first-order chi connectivity index (χ1) is 8.09. The summed E-state index contributed by atoms with van der Waals surface area (Å²) in [6.45, 7) is -3.02. The first-order valence-electron chi connectivity index (χ1n) is 4.94. The molecule has 0 N–H and O–H groups in total. The van der Waals surface area contributed by atoms with E-state index >= 15 is 0 Å². The maximum atomic E-state index is 12.1. The van der Waals surface area contributed by atoms with E-state index in [1.54, 1.807) is 24.3 Å². The van der Waals surface area contributed by atoms with Crippen molar-refractivity contribution in [1.29, 1.82) is 0 Å². The van der Waals surface area contributed by atoms with Gasteiger partial charge in [0, 0.05) is 12.6 Å². The number of rotatable bonds is 3. The normalized spacial score (nSPS) is 20.0. The molecular formula is C11H10F2N2O2. The molecular weight excluding hydrogens is 230 g/mol. The van der Waals surface area contributed by atoms with Gasteiger partial charge in [0.2, 0.25) is 6.23 Å². The monoisotopic (exact) mass is 240 g/mol. The number of amides is 1. The van der Waals surface area contributed by atoms with E-state index in [0.29, 0.717) is 11.4 Å². The smallest absolute Gasteiger partial charge is 0.296 e. The summed E-state index contributed by atoms with van der Waals surface area (Å²) < 4.78 is 28.2. The van der Waals surface area contributed by atoms with Gasteiger partial charge in [-0.3, -0.25) is 14.4 Å². The van der Waals surface area contributed by atoms with Crippen LogP contribution in [-0.4, -0.2) is 36.5 Å². The molecule has 0 saturated heterocycles. The van der Waals surface area contributed by atoms with Crippen LogP contribution in [0.4, 0.5) is 8.78 Å². The fourth-order valence-corrected chi connectivity index (χ4v) is 1.56. The van der Waals surface area contributed by atoms with E-state index in [0.717, 1.165) is 0 Å². The quantitative estimate of drug-likeness (QED) is 0.802. The molecule has 0 radical (unpaired) electrons. The first-order valence-corrected chi connectivity index (χ1v) is 4.94. The molecule has 1 amide bonds. The van der Waals surface area contributed by atoms with E-state index in [9.17, 15) is 13.6 Å². The van der Waals surface area contributed by atoms with Crippen molar-refractivity contribution in [2.75, 3.05) is 7.05 Å². The molecule has 17 heavy (non-hydrogen) atoms. The summed E-state index contributed by atoms with van der Waals surface area (Å²) in [5.41, 5.74) is 0.684. The van der Waals surface area contributed by atoms with Gasteiger partial charge in [-0.15, -0.1) is 0 Å². The van der Waals surface area contributed by atoms with Gasteiger partial charge in [-0.1, -0.05) is 30.3 Å². The van der Waals surface area contributed by atoms with Crippen LogP contribution in [0.15, 0.2) is 35.3 Å². The molecule has 6 heteroatoms. The molecule has 0 bridgehead atoms. The van der Waals surface area contributed by atoms with Crippen molar-refractivity contribution in [1.82, 2.24) is 4.90 Å². The maximum absolute atomic E-state index is 12.1. The molecule has 1 unspecified atom stereocenters. The van der Waals surface area contributed by atoms with Crippen LogP contribution in [0.2, 0.25) is 0 Å². The number of alkyl halides is 2. The van der Waals surface area contributed by atoms with Crippen LogP contribution in [0.1, 0.15) is 5.56 Å². The van der Waals surface area contributed by atoms with Crippen molar-refractivity contribution in [2.24, 2.45) is 4.99 Å². The Kier molecular flexibility index (Phi) is 3.14. The number of hydrogen-bond donors (Lipinski definition) is 0. The number of carbonyl (C=O) groups is 1. The Hall–Kier alpha value is -1.82. The Morgan fingerprint density at radius 3 is 2.59 bits per heavy atom. The highest BCUT2D eigenvalue weighted by molar-refractivity contribution is 6.12. The SMILES string of the molecule is CN1C(=O)C(OC(F)F)N=C1c1ccccc1. The molecule has 0 aliphatic carbocycles. The number of halogens is 2. The molecule has 1 atom stereocenters. The fourth-order valence-electron chi connectivity index (χ4n) is 1.56. The summed E-state index contributed by atoms with van der Waals surface area (Å²) >= 11 is 0. The fraction of sp³-hybridized carbons (Fsp3) is 0.273. The predicted octanol–water partition coefficient (Wildman–Crippen LogP) is 1.47. The Bertz CT molecular complexity index is 448. The van der Waals surface area contributed by atoms with Crippen molar-refractivity contribution in [2.45, 2.75) is 12.8 Å². The molecule has 1 aromatic rings. The second-order valence-electron chi connectivity index (χ2n) is 3.47. The minimum absolute atomic E-state index is 0.334. The Morgan fingerprint density at radius 2 is 2.00 bits per heavy atom. The van der Waals surface area contributed by atoms with Gasteiger partial charge in [-0.2, -0.15) is 8.78 Å². The Labute approximate surface area is 96.5 Å². The summed E-state index contributed by atoms with van der Waals surface area (Å²) in [4.78, 5) is 16.6. The molecule has 2 rings (SSSR count). The van der Waals surface area contributed by atoms with E-state index < -0.39 is 18.7 Å². The van der Waals surface area contributed by atoms with Gasteiger partial charge in [0.25, 0.3) is 5.91 Å². The van der Waals surface area contributed by atoms with E-state index in [-0.39, 0.29) is 0 Å². The first kappa shape index (κ1) is 11.7. The molecule has 0 spiro atoms. The van der Waals surface area contributed by atoms with E-state index in [1.807, 2.05) is 6.07 Å². The van der Waals surface area contributed by atoms with Crippen LogP contribution in [0.25, 0.3) is 0 Å². The highest BCUT2D eigenvalue weighted by Gasteiger charge is 2.35. The van der Waals surface area contributed by atoms with Crippen LogP contribution in [0, 0.1) is 0 Å². The van der Waals surface area contributed by atoms with Gasteiger partial charge in [-0.05, 0) is 0 Å². The second-order valence-corrected chi connectivity index (χ2v) is 3.47. The second kappa shape index (κ2) is 4.58. The minimum Gasteiger partial charge on any atom is -0.296 e. The van der Waals surface area contributed by atoms with Crippen molar-refractivity contribution in [3.05, 3.63) is 35.9 Å². The third kappa shape index (κ3) is 2.31. The van der Waals surface area contributed by atoms with Gasteiger partial charge in [0.1, 0.15) is 5.84 Å². The molecule has 4 nitrogen and oxygen atoms in total. The number of hydrogen-bond acceptors (Lipinski definition) is 3. The van der Waals surface area contributed by atoms with Crippen LogP contribution in [0.5, 0.6) is 0 Å². The molecule has 0 aromatic heterocycles. The lowest BCUT2D eigenvalue weighted by molar-refractivity contribution is -0.174. The summed E-state index contributed by atoms with van der Waals surface area (Å²) in [7, 11) is 1.48. The van der Waals surface area contributed by atoms with Gasteiger partial charge < -0.3 is 0 Å². The van der Waals surface area contributed by atoms with Crippen LogP contribution in [0.3, 0.4) is 0 Å². The predicted molar refractivity (Wildman–Crippen MR) is 56.6 cm³/mol. The zero-order chi connectivity index (χ0) is 12.4. The molecule has 1 aliphatic rings. The molecule has 1 heterocycles. The lowest BCUT2D eigenvalue weighted by atomic mass is 10.2. The molecule has 0 fully saturated rings. The summed E-state index contributed by atoms with van der Waals surface area (Å²) in [5.74, 6) is -0.259. The topological polar surface area (TPSA) is 41.9 Å². The number of amidine groups is 1. The van der Waals surface area contributed by atoms with Gasteiger partial charge in [0.05, 0.1) is 0 Å². The third-order valence-electron chi connectivity index (χ3n) is 2.36. The van der Waals surface area contributed by atoms with Gasteiger partial charge in [-0.25, -0.2) is 4.99 Å². The summed E-state index contributed by atoms with van der Waals surface area (Å²) in [6, 6.07) is 8.85. The van der Waals surface area contributed by atoms with Crippen LogP contribution < -0.4 is 0 Å². The number of likely N-dealkylation sites (N-methyl/N-ethyl adjacent to an activating group) is 1. The minimum atomic E-state index is -3.02. The van der Waals surface area contributed by atoms with Gasteiger partial charge in [0.15, 0.2) is 0 Å². The Morgan fingerprint density at radius 1 is 1.35 bits per heavy atom. The summed E-state index contributed by atoms with van der Waals surface area (Å²) in [5, 5.41) is 0. The molecule has 1 aliphatic heterocycles. The lowest BCUT2D eigenvalue weighted by Crippen LogP contribution is -2.33. The van der Waals surface area contributed by atoms with E-state index in [4.69, 9.17) is 0 Å². The number of ether oxygens (including phenoxy) is 1. The number of benzene rings is 1. The average Bonchev–Trinajstić information content (AvgIpc) is 2.58. The van der Waals surface area contributed by atoms with Crippen LogP contribution >= 0.6 is 0 Å². The van der Waals surface area contributed by atoms with Crippen LogP contribution in [-0.2, 0) is 9.53 Å². The lowest BCUT2D eigenvalue weighted by Gasteiger charge is -2.12. The number of aliphatic imine (C=N–C) groups is 1. The van der Waals surface area contributed by atoms with Crippen molar-refractivity contribution < 1.29 is 18.3 Å². The zero-order valence-electron chi connectivity index (χ0n) is 9.01. The highest BCUT2D eigenvalue weighted by Crippen LogP contribution is 2.17. The average molecular weight is 240 g/mol. The third-order valence-corrected chi connectivity index (χ3v) is 2.36.